The summed E-state index contributed by atoms with van der Waals surface area (Å²) in [6.07, 6.45) is 0. The number of H-pyrrole nitrogens is 2. The van der Waals surface area contributed by atoms with Crippen LogP contribution in [-0.2, 0) is 0 Å². The normalized spacial score (nSPS) is 12.1. The van der Waals surface area contributed by atoms with Gasteiger partial charge in [-0.25, -0.2) is 0 Å². The Balaban J connectivity index is 1.46. The Morgan fingerprint density at radius 3 is 1.22 bits per heavy atom. The van der Waals surface area contributed by atoms with Crippen molar-refractivity contribution in [3.63, 3.8) is 0 Å². The van der Waals surface area contributed by atoms with Crippen LogP contribution in [0.1, 0.15) is 22.6 Å². The van der Waals surface area contributed by atoms with Crippen molar-refractivity contribution in [3.05, 3.63) is 156 Å². The number of para-hydroxylation sites is 2. The van der Waals surface area contributed by atoms with Crippen LogP contribution in [0.3, 0.4) is 0 Å². The summed E-state index contributed by atoms with van der Waals surface area (Å²) in [4.78, 5) is 7.47. The van der Waals surface area contributed by atoms with Gasteiger partial charge in [-0.05, 0) is 51.7 Å². The molecule has 0 spiro atoms. The fourth-order valence-corrected chi connectivity index (χ4v) is 7.07. The molecule has 0 saturated carbocycles. The van der Waals surface area contributed by atoms with E-state index in [4.69, 9.17) is 0 Å². The summed E-state index contributed by atoms with van der Waals surface area (Å²) in [5.41, 5.74) is 8.70. The van der Waals surface area contributed by atoms with E-state index >= 15 is 0 Å². The Hall–Kier alpha value is -5.34. The van der Waals surface area contributed by atoms with Crippen LogP contribution in [0.5, 0.6) is 0 Å². The number of nitrogens with one attached hydrogen (secondary N) is 2. The van der Waals surface area contributed by atoms with Crippen molar-refractivity contribution in [2.75, 3.05) is 0 Å². The van der Waals surface area contributed by atoms with E-state index in [1.165, 1.54) is 81.8 Å². The number of hydrogen-bond donors (Lipinski definition) is 2. The molecule has 7 aromatic carbocycles. The molecule has 0 amide bonds. The number of aromatic amines is 2. The zero-order valence-corrected chi connectivity index (χ0v) is 22.4. The van der Waals surface area contributed by atoms with E-state index in [1.807, 2.05) is 0 Å². The summed E-state index contributed by atoms with van der Waals surface area (Å²) in [7, 11) is 0. The lowest BCUT2D eigenvalue weighted by Crippen LogP contribution is -2.05. The Kier molecular flexibility index (Phi) is 4.70. The van der Waals surface area contributed by atoms with Gasteiger partial charge >= 0.3 is 0 Å². The van der Waals surface area contributed by atoms with E-state index < -0.39 is 0 Å². The first-order valence-corrected chi connectivity index (χ1v) is 14.2. The quantitative estimate of drug-likeness (QED) is 0.216. The van der Waals surface area contributed by atoms with Gasteiger partial charge in [0.25, 0.3) is 0 Å². The number of hydrogen-bond acceptors (Lipinski definition) is 0. The van der Waals surface area contributed by atoms with E-state index in [0.29, 0.717) is 0 Å². The van der Waals surface area contributed by atoms with E-state index in [0.717, 1.165) is 0 Å². The molecular formula is C39H26N2. The second-order valence-electron chi connectivity index (χ2n) is 11.1. The fraction of sp³-hybridized carbons (Fsp3) is 0.0256. The average Bonchev–Trinajstić information content (AvgIpc) is 3.61. The first-order chi connectivity index (χ1) is 20.3. The molecule has 0 fully saturated rings. The maximum Gasteiger partial charge on any atom is 0.0544 e. The lowest BCUT2D eigenvalue weighted by molar-refractivity contribution is 1.01. The van der Waals surface area contributed by atoms with Gasteiger partial charge in [0.2, 0.25) is 0 Å². The van der Waals surface area contributed by atoms with Crippen molar-refractivity contribution in [2.24, 2.45) is 0 Å². The Labute approximate surface area is 236 Å². The van der Waals surface area contributed by atoms with Gasteiger partial charge in [-0.2, -0.15) is 0 Å². The molecule has 0 unspecified atom stereocenters. The van der Waals surface area contributed by atoms with Crippen molar-refractivity contribution >= 4 is 65.2 Å². The third kappa shape index (κ3) is 3.25. The van der Waals surface area contributed by atoms with Crippen molar-refractivity contribution in [1.82, 2.24) is 9.97 Å². The van der Waals surface area contributed by atoms with Gasteiger partial charge in [-0.1, -0.05) is 115 Å². The largest absolute Gasteiger partial charge is 0.354 e. The van der Waals surface area contributed by atoms with Crippen molar-refractivity contribution in [2.45, 2.75) is 5.92 Å². The molecule has 0 radical (unpaired) electrons. The molecule has 2 N–H and O–H groups in total. The molecule has 41 heavy (non-hydrogen) atoms. The number of benzene rings is 7. The van der Waals surface area contributed by atoms with Crippen LogP contribution in [0, 0.1) is 0 Å². The van der Waals surface area contributed by atoms with Crippen LogP contribution in [0.25, 0.3) is 65.2 Å². The third-order valence-corrected chi connectivity index (χ3v) is 8.86. The molecule has 0 saturated heterocycles. The summed E-state index contributed by atoms with van der Waals surface area (Å²) in [6.45, 7) is 0. The van der Waals surface area contributed by atoms with Gasteiger partial charge in [0.05, 0.1) is 11.0 Å². The number of rotatable bonds is 3. The third-order valence-electron chi connectivity index (χ3n) is 8.86. The molecule has 192 valence electrons. The monoisotopic (exact) mass is 522 g/mol. The highest BCUT2D eigenvalue weighted by molar-refractivity contribution is 6.20. The second kappa shape index (κ2) is 8.58. The molecule has 2 heteroatoms. The topological polar surface area (TPSA) is 31.6 Å². The SMILES string of the molecule is c1ccc(C(c2cc3c4ccccc4[nH]c3c3ccccc23)c2cc3c4ccccc4[nH]c3c3ccccc23)cc1. The van der Waals surface area contributed by atoms with Crippen LogP contribution < -0.4 is 0 Å². The summed E-state index contributed by atoms with van der Waals surface area (Å²) in [5, 5.41) is 10.1. The molecule has 0 bridgehead atoms. The first kappa shape index (κ1) is 22.5. The molecule has 0 aliphatic heterocycles. The Morgan fingerprint density at radius 1 is 0.341 bits per heavy atom. The van der Waals surface area contributed by atoms with Gasteiger partial charge in [-0.15, -0.1) is 0 Å². The predicted octanol–water partition coefficient (Wildman–Crippen LogP) is 10.4. The van der Waals surface area contributed by atoms with Gasteiger partial charge in [-0.3, -0.25) is 0 Å². The molecule has 0 atom stereocenters. The lowest BCUT2D eigenvalue weighted by Gasteiger charge is -2.23. The van der Waals surface area contributed by atoms with E-state index in [9.17, 15) is 0 Å². The minimum absolute atomic E-state index is 0.0436. The van der Waals surface area contributed by atoms with E-state index in [-0.39, 0.29) is 5.92 Å². The minimum atomic E-state index is 0.0436. The molecule has 0 aliphatic rings. The first-order valence-electron chi connectivity index (χ1n) is 14.2. The number of aromatic nitrogens is 2. The maximum atomic E-state index is 3.73. The minimum Gasteiger partial charge on any atom is -0.354 e. The van der Waals surface area contributed by atoms with Gasteiger partial charge < -0.3 is 9.97 Å². The standard InChI is InChI=1S/C39H26N2/c1-2-12-24(13-3-1)37(31-22-33-27-16-8-10-20-35(27)40-38(33)29-18-6-4-14-25(29)31)32-23-34-28-17-9-11-21-36(28)41-39(34)30-19-7-5-15-26(30)32/h1-23,37,40-41H. The van der Waals surface area contributed by atoms with Crippen LogP contribution in [0.15, 0.2) is 140 Å². The Bertz CT molecular complexity index is 2270. The molecule has 2 heterocycles. The zero-order valence-electron chi connectivity index (χ0n) is 22.4. The van der Waals surface area contributed by atoms with Crippen LogP contribution in [0.4, 0.5) is 0 Å². The summed E-state index contributed by atoms with van der Waals surface area (Å²) < 4.78 is 0. The van der Waals surface area contributed by atoms with Crippen LogP contribution in [0.2, 0.25) is 0 Å². The maximum absolute atomic E-state index is 3.73. The molecular weight excluding hydrogens is 496 g/mol. The van der Waals surface area contributed by atoms with Crippen molar-refractivity contribution in [1.29, 1.82) is 0 Å². The smallest absolute Gasteiger partial charge is 0.0544 e. The molecule has 0 aliphatic carbocycles. The molecule has 2 nitrogen and oxygen atoms in total. The van der Waals surface area contributed by atoms with Gasteiger partial charge in [0.15, 0.2) is 0 Å². The lowest BCUT2D eigenvalue weighted by atomic mass is 9.79. The summed E-state index contributed by atoms with van der Waals surface area (Å²) in [6, 6.07) is 51.0. The van der Waals surface area contributed by atoms with Crippen molar-refractivity contribution in [3.8, 4) is 0 Å². The molecule has 9 aromatic rings. The highest BCUT2D eigenvalue weighted by Crippen LogP contribution is 2.45. The highest BCUT2D eigenvalue weighted by Gasteiger charge is 2.25. The van der Waals surface area contributed by atoms with E-state index in [2.05, 4.69) is 149 Å². The van der Waals surface area contributed by atoms with Crippen LogP contribution in [-0.4, -0.2) is 9.97 Å². The zero-order chi connectivity index (χ0) is 26.9. The van der Waals surface area contributed by atoms with E-state index in [1.54, 1.807) is 0 Å². The summed E-state index contributed by atoms with van der Waals surface area (Å²) >= 11 is 0. The predicted molar refractivity (Wildman–Crippen MR) is 174 cm³/mol. The van der Waals surface area contributed by atoms with Crippen molar-refractivity contribution < 1.29 is 0 Å². The van der Waals surface area contributed by atoms with Gasteiger partial charge in [0.1, 0.15) is 0 Å². The average molecular weight is 523 g/mol. The number of fused-ring (bicyclic) bond motifs is 10. The van der Waals surface area contributed by atoms with Gasteiger partial charge in [0, 0.05) is 49.3 Å². The molecule has 2 aromatic heterocycles. The van der Waals surface area contributed by atoms with Crippen LogP contribution >= 0.6 is 0 Å². The highest BCUT2D eigenvalue weighted by atomic mass is 14.7. The Morgan fingerprint density at radius 2 is 0.732 bits per heavy atom. The second-order valence-corrected chi connectivity index (χ2v) is 11.1. The summed E-state index contributed by atoms with van der Waals surface area (Å²) in [5.74, 6) is 0.0436. The fourth-order valence-electron chi connectivity index (χ4n) is 7.07. The molecule has 9 rings (SSSR count).